The summed E-state index contributed by atoms with van der Waals surface area (Å²) in [6.45, 7) is 3.28. The van der Waals surface area contributed by atoms with Gasteiger partial charge >= 0.3 is 0 Å². The first-order valence-electron chi connectivity index (χ1n) is 7.04. The molecule has 0 amide bonds. The highest BCUT2D eigenvalue weighted by atomic mass is 35.5. The van der Waals surface area contributed by atoms with Crippen LogP contribution in [0.3, 0.4) is 0 Å². The van der Waals surface area contributed by atoms with Crippen molar-refractivity contribution in [3.63, 3.8) is 0 Å². The van der Waals surface area contributed by atoms with E-state index >= 15 is 0 Å². The minimum absolute atomic E-state index is 0.391. The van der Waals surface area contributed by atoms with Gasteiger partial charge in [-0.15, -0.1) is 0 Å². The standard InChI is InChI=1S/C18H15Cl3N2O/c1-18(2,24)8-7-12-3-5-13(6-4-12)11-22-23-17-15(20)9-14(19)10-16(17)21/h3-6,9-11,23-24H,1-2H3/b22-11+. The number of anilines is 1. The maximum atomic E-state index is 9.59. The molecule has 0 aliphatic rings. The predicted octanol–water partition coefficient (Wildman–Crippen LogP) is 5.22. The molecular formula is C18H15Cl3N2O. The number of nitrogens with zero attached hydrogens (tertiary/aromatic N) is 1. The molecule has 0 atom stereocenters. The third-order valence-corrected chi connectivity index (χ3v) is 3.63. The van der Waals surface area contributed by atoms with Crippen molar-refractivity contribution in [3.05, 3.63) is 62.6 Å². The summed E-state index contributed by atoms with van der Waals surface area (Å²) in [6, 6.07) is 10.6. The number of benzene rings is 2. The number of nitrogens with one attached hydrogen (secondary N) is 1. The molecule has 0 heterocycles. The Labute approximate surface area is 156 Å². The van der Waals surface area contributed by atoms with Crippen LogP contribution in [0.25, 0.3) is 0 Å². The molecule has 0 spiro atoms. The quantitative estimate of drug-likeness (QED) is 0.435. The Hall–Kier alpha value is -1.70. The largest absolute Gasteiger partial charge is 0.378 e. The lowest BCUT2D eigenvalue weighted by Crippen LogP contribution is -2.14. The number of hydrogen-bond acceptors (Lipinski definition) is 3. The van der Waals surface area contributed by atoms with Gasteiger partial charge in [-0.05, 0) is 43.7 Å². The monoisotopic (exact) mass is 380 g/mol. The number of hydrogen-bond donors (Lipinski definition) is 2. The van der Waals surface area contributed by atoms with Gasteiger partial charge < -0.3 is 5.11 Å². The molecule has 0 saturated heterocycles. The molecule has 124 valence electrons. The first-order chi connectivity index (χ1) is 11.2. The van der Waals surface area contributed by atoms with E-state index in [1.807, 2.05) is 24.3 Å². The van der Waals surface area contributed by atoms with E-state index in [4.69, 9.17) is 34.8 Å². The normalized spacial score (nSPS) is 11.2. The maximum Gasteiger partial charge on any atom is 0.120 e. The van der Waals surface area contributed by atoms with E-state index in [-0.39, 0.29) is 0 Å². The summed E-state index contributed by atoms with van der Waals surface area (Å²) in [7, 11) is 0. The summed E-state index contributed by atoms with van der Waals surface area (Å²) in [5, 5.41) is 14.9. The Morgan fingerprint density at radius 3 is 2.21 bits per heavy atom. The lowest BCUT2D eigenvalue weighted by atomic mass is 10.1. The van der Waals surface area contributed by atoms with E-state index in [1.54, 1.807) is 32.2 Å². The molecule has 2 aromatic rings. The number of halogens is 3. The van der Waals surface area contributed by atoms with E-state index in [9.17, 15) is 5.11 Å². The fourth-order valence-corrected chi connectivity index (χ4v) is 2.60. The summed E-state index contributed by atoms with van der Waals surface area (Å²) < 4.78 is 0. The van der Waals surface area contributed by atoms with Crippen LogP contribution < -0.4 is 5.43 Å². The van der Waals surface area contributed by atoms with Gasteiger partial charge in [0.05, 0.1) is 21.9 Å². The minimum atomic E-state index is -1.01. The smallest absolute Gasteiger partial charge is 0.120 e. The van der Waals surface area contributed by atoms with E-state index in [2.05, 4.69) is 22.4 Å². The molecule has 0 aromatic heterocycles. The summed E-state index contributed by atoms with van der Waals surface area (Å²) in [6.07, 6.45) is 1.63. The summed E-state index contributed by atoms with van der Waals surface area (Å²) in [4.78, 5) is 0. The van der Waals surface area contributed by atoms with Crippen molar-refractivity contribution >= 4 is 46.7 Å². The van der Waals surface area contributed by atoms with Crippen LogP contribution in [0.5, 0.6) is 0 Å². The highest BCUT2D eigenvalue weighted by Gasteiger charge is 2.07. The Kier molecular flexibility index (Phi) is 6.15. The summed E-state index contributed by atoms with van der Waals surface area (Å²) >= 11 is 18.0. The first kappa shape index (κ1) is 18.6. The van der Waals surface area contributed by atoms with E-state index in [1.165, 1.54) is 0 Å². The molecule has 0 saturated carbocycles. The third kappa shape index (κ3) is 5.74. The molecule has 0 aliphatic carbocycles. The molecule has 0 radical (unpaired) electrons. The average Bonchev–Trinajstić information content (AvgIpc) is 2.48. The number of rotatable bonds is 3. The molecule has 24 heavy (non-hydrogen) atoms. The van der Waals surface area contributed by atoms with Crippen molar-refractivity contribution in [1.29, 1.82) is 0 Å². The molecule has 2 N–H and O–H groups in total. The zero-order valence-electron chi connectivity index (χ0n) is 13.1. The van der Waals surface area contributed by atoms with Crippen molar-refractivity contribution in [2.24, 2.45) is 5.10 Å². The zero-order chi connectivity index (χ0) is 17.7. The Morgan fingerprint density at radius 2 is 1.67 bits per heavy atom. The average molecular weight is 382 g/mol. The first-order valence-corrected chi connectivity index (χ1v) is 8.17. The predicted molar refractivity (Wildman–Crippen MR) is 102 cm³/mol. The van der Waals surface area contributed by atoms with E-state index in [0.717, 1.165) is 11.1 Å². The summed E-state index contributed by atoms with van der Waals surface area (Å²) in [5.74, 6) is 5.67. The molecule has 0 bridgehead atoms. The van der Waals surface area contributed by atoms with Gasteiger partial charge in [0, 0.05) is 10.6 Å². The van der Waals surface area contributed by atoms with Crippen LogP contribution in [-0.2, 0) is 0 Å². The molecule has 6 heteroatoms. The minimum Gasteiger partial charge on any atom is -0.378 e. The van der Waals surface area contributed by atoms with Crippen LogP contribution in [0, 0.1) is 11.8 Å². The topological polar surface area (TPSA) is 44.6 Å². The summed E-state index contributed by atoms with van der Waals surface area (Å²) in [5.41, 5.74) is 3.97. The second kappa shape index (κ2) is 7.92. The van der Waals surface area contributed by atoms with Gasteiger partial charge in [-0.2, -0.15) is 5.10 Å². The van der Waals surface area contributed by atoms with Crippen molar-refractivity contribution in [1.82, 2.24) is 0 Å². The SMILES string of the molecule is CC(C)(O)C#Cc1ccc(/C=N/Nc2c(Cl)cc(Cl)cc2Cl)cc1. The fraction of sp³-hybridized carbons (Fsp3) is 0.167. The van der Waals surface area contributed by atoms with E-state index < -0.39 is 5.60 Å². The lowest BCUT2D eigenvalue weighted by molar-refractivity contribution is 0.143. The zero-order valence-corrected chi connectivity index (χ0v) is 15.3. The highest BCUT2D eigenvalue weighted by Crippen LogP contribution is 2.33. The maximum absolute atomic E-state index is 9.59. The third-order valence-electron chi connectivity index (χ3n) is 2.82. The lowest BCUT2D eigenvalue weighted by Gasteiger charge is -2.06. The van der Waals surface area contributed by atoms with Crippen LogP contribution in [0.4, 0.5) is 5.69 Å². The van der Waals surface area contributed by atoms with Gasteiger partial charge in [0.15, 0.2) is 0 Å². The molecule has 2 rings (SSSR count). The molecule has 0 aliphatic heterocycles. The Bertz CT molecular complexity index is 790. The molecular weight excluding hydrogens is 367 g/mol. The number of aliphatic hydroxyl groups is 1. The molecule has 2 aromatic carbocycles. The van der Waals surface area contributed by atoms with Crippen LogP contribution >= 0.6 is 34.8 Å². The van der Waals surface area contributed by atoms with Crippen LogP contribution in [0.1, 0.15) is 25.0 Å². The van der Waals surface area contributed by atoms with Gasteiger partial charge in [-0.1, -0.05) is 58.8 Å². The molecule has 0 unspecified atom stereocenters. The van der Waals surface area contributed by atoms with Gasteiger partial charge in [0.2, 0.25) is 0 Å². The van der Waals surface area contributed by atoms with Crippen molar-refractivity contribution in [3.8, 4) is 11.8 Å². The fourth-order valence-electron chi connectivity index (χ4n) is 1.70. The van der Waals surface area contributed by atoms with Gasteiger partial charge in [0.1, 0.15) is 5.60 Å². The van der Waals surface area contributed by atoms with Crippen LogP contribution in [-0.4, -0.2) is 16.9 Å². The van der Waals surface area contributed by atoms with Gasteiger partial charge in [0.25, 0.3) is 0 Å². The van der Waals surface area contributed by atoms with E-state index in [0.29, 0.717) is 20.8 Å². The van der Waals surface area contributed by atoms with Gasteiger partial charge in [-0.3, -0.25) is 5.43 Å². The van der Waals surface area contributed by atoms with Crippen LogP contribution in [0.2, 0.25) is 15.1 Å². The highest BCUT2D eigenvalue weighted by molar-refractivity contribution is 6.41. The van der Waals surface area contributed by atoms with Crippen LogP contribution in [0.15, 0.2) is 41.5 Å². The van der Waals surface area contributed by atoms with Gasteiger partial charge in [-0.25, -0.2) is 0 Å². The number of hydrazone groups is 1. The second-order valence-corrected chi connectivity index (χ2v) is 6.80. The Balaban J connectivity index is 2.06. The van der Waals surface area contributed by atoms with Crippen molar-refractivity contribution < 1.29 is 5.11 Å². The second-order valence-electron chi connectivity index (χ2n) is 5.55. The molecule has 3 nitrogen and oxygen atoms in total. The Morgan fingerprint density at radius 1 is 1.08 bits per heavy atom. The van der Waals surface area contributed by atoms with Crippen molar-refractivity contribution in [2.75, 3.05) is 5.43 Å². The van der Waals surface area contributed by atoms with Crippen molar-refractivity contribution in [2.45, 2.75) is 19.4 Å². The molecule has 0 fully saturated rings.